The Morgan fingerprint density at radius 2 is 2.04 bits per heavy atom. The van der Waals surface area contributed by atoms with Crippen LogP contribution in [0.2, 0.25) is 0 Å². The van der Waals surface area contributed by atoms with Crippen LogP contribution in [0.5, 0.6) is 0 Å². The number of carboxylic acid groups (broad SMARTS) is 1. The third-order valence-corrected chi connectivity index (χ3v) is 6.05. The summed E-state index contributed by atoms with van der Waals surface area (Å²) in [5.74, 6) is -2.38. The lowest BCUT2D eigenvalue weighted by atomic mass is 9.58. The number of ether oxygens (including phenoxy) is 1. The molecule has 0 saturated heterocycles. The summed E-state index contributed by atoms with van der Waals surface area (Å²) in [6.45, 7) is 8.65. The standard InChI is InChI=1S/C20H30O5/c1-13(18(23)24)16-15(7-6-14(17(16)22)10-25-12-21)20(4)9-5-8-19(2,3)11-20/h12-14H,5-11H2,1-4H3,(H,23,24)/t13-,14+,20+/m1/s1. The molecule has 1 N–H and O–H groups in total. The van der Waals surface area contributed by atoms with Gasteiger partial charge in [-0.1, -0.05) is 32.8 Å². The molecule has 0 aromatic carbocycles. The van der Waals surface area contributed by atoms with Gasteiger partial charge >= 0.3 is 5.97 Å². The summed E-state index contributed by atoms with van der Waals surface area (Å²) >= 11 is 0. The molecule has 25 heavy (non-hydrogen) atoms. The molecule has 0 bridgehead atoms. The van der Waals surface area contributed by atoms with Crippen LogP contribution >= 0.6 is 0 Å². The summed E-state index contributed by atoms with van der Waals surface area (Å²) in [5.41, 5.74) is 1.55. The highest BCUT2D eigenvalue weighted by Crippen LogP contribution is 2.53. The summed E-state index contributed by atoms with van der Waals surface area (Å²) in [4.78, 5) is 35.1. The molecule has 0 aliphatic heterocycles. The van der Waals surface area contributed by atoms with Gasteiger partial charge in [-0.3, -0.25) is 14.4 Å². The smallest absolute Gasteiger partial charge is 0.310 e. The molecule has 5 nitrogen and oxygen atoms in total. The largest absolute Gasteiger partial charge is 0.481 e. The molecule has 2 aliphatic rings. The quantitative estimate of drug-likeness (QED) is 0.738. The third-order valence-electron chi connectivity index (χ3n) is 6.05. The van der Waals surface area contributed by atoms with Gasteiger partial charge in [0.2, 0.25) is 0 Å². The highest BCUT2D eigenvalue weighted by molar-refractivity contribution is 6.03. The van der Waals surface area contributed by atoms with Crippen LogP contribution in [-0.2, 0) is 19.1 Å². The molecular formula is C20H30O5. The SMILES string of the molecule is C[C@@H](C(=O)O)C1=C([C@@]2(C)CCCC(C)(C)C2)CC[C@@H](COC=O)C1=O. The number of hydrogen-bond acceptors (Lipinski definition) is 4. The predicted molar refractivity (Wildman–Crippen MR) is 93.9 cm³/mol. The number of carboxylic acids is 1. The second kappa shape index (κ2) is 7.30. The molecule has 140 valence electrons. The maximum Gasteiger partial charge on any atom is 0.310 e. The first-order chi connectivity index (χ1) is 11.6. The molecule has 0 aromatic heterocycles. The number of allylic oxidation sites excluding steroid dienone is 1. The van der Waals surface area contributed by atoms with Crippen LogP contribution in [0.3, 0.4) is 0 Å². The second-order valence-electron chi connectivity index (χ2n) is 8.74. The average molecular weight is 350 g/mol. The number of ketones is 1. The van der Waals surface area contributed by atoms with E-state index in [4.69, 9.17) is 4.74 Å². The van der Waals surface area contributed by atoms with Crippen molar-refractivity contribution in [2.45, 2.75) is 66.2 Å². The minimum Gasteiger partial charge on any atom is -0.481 e. The first-order valence-corrected chi connectivity index (χ1v) is 9.17. The van der Waals surface area contributed by atoms with Crippen molar-refractivity contribution in [2.75, 3.05) is 6.61 Å². The zero-order valence-corrected chi connectivity index (χ0v) is 15.8. The Kier molecular flexibility index (Phi) is 5.75. The molecule has 0 heterocycles. The maximum absolute atomic E-state index is 13.0. The van der Waals surface area contributed by atoms with Crippen molar-refractivity contribution >= 4 is 18.2 Å². The minimum atomic E-state index is -0.975. The summed E-state index contributed by atoms with van der Waals surface area (Å²) in [7, 11) is 0. The Labute approximate surface area is 149 Å². The van der Waals surface area contributed by atoms with Crippen molar-refractivity contribution in [1.82, 2.24) is 0 Å². The van der Waals surface area contributed by atoms with Gasteiger partial charge in [-0.15, -0.1) is 0 Å². The Hall–Kier alpha value is -1.65. The van der Waals surface area contributed by atoms with Crippen LogP contribution in [0.15, 0.2) is 11.1 Å². The monoisotopic (exact) mass is 350 g/mol. The molecule has 0 unspecified atom stereocenters. The van der Waals surface area contributed by atoms with Crippen LogP contribution in [0.25, 0.3) is 0 Å². The molecule has 2 rings (SSSR count). The predicted octanol–water partition coefficient (Wildman–Crippen LogP) is 3.76. The summed E-state index contributed by atoms with van der Waals surface area (Å²) < 4.78 is 4.80. The van der Waals surface area contributed by atoms with E-state index >= 15 is 0 Å². The Morgan fingerprint density at radius 3 is 2.60 bits per heavy atom. The molecule has 0 radical (unpaired) electrons. The number of rotatable bonds is 6. The highest BCUT2D eigenvalue weighted by atomic mass is 16.5. The van der Waals surface area contributed by atoms with Crippen molar-refractivity contribution in [3.8, 4) is 0 Å². The topological polar surface area (TPSA) is 80.7 Å². The van der Waals surface area contributed by atoms with Crippen LogP contribution in [0, 0.1) is 22.7 Å². The Balaban J connectivity index is 2.45. The van der Waals surface area contributed by atoms with Crippen molar-refractivity contribution < 1.29 is 24.2 Å². The van der Waals surface area contributed by atoms with Gasteiger partial charge in [-0.05, 0) is 49.9 Å². The van der Waals surface area contributed by atoms with Gasteiger partial charge in [0, 0.05) is 5.57 Å². The lowest BCUT2D eigenvalue weighted by molar-refractivity contribution is -0.142. The van der Waals surface area contributed by atoms with E-state index in [1.54, 1.807) is 6.92 Å². The highest BCUT2D eigenvalue weighted by Gasteiger charge is 2.45. The van der Waals surface area contributed by atoms with E-state index in [-0.39, 0.29) is 23.2 Å². The van der Waals surface area contributed by atoms with Crippen LogP contribution < -0.4 is 0 Å². The molecule has 0 spiro atoms. The van der Waals surface area contributed by atoms with Gasteiger partial charge in [0.15, 0.2) is 5.78 Å². The van der Waals surface area contributed by atoms with E-state index in [9.17, 15) is 19.5 Å². The number of carbonyl (C=O) groups is 3. The summed E-state index contributed by atoms with van der Waals surface area (Å²) in [5, 5.41) is 9.54. The lowest BCUT2D eigenvalue weighted by Gasteiger charge is -2.47. The molecule has 3 atom stereocenters. The zero-order chi connectivity index (χ0) is 18.8. The molecule has 0 aromatic rings. The van der Waals surface area contributed by atoms with Gasteiger partial charge in [-0.2, -0.15) is 0 Å². The van der Waals surface area contributed by atoms with E-state index in [0.29, 0.717) is 24.9 Å². The fourth-order valence-electron chi connectivity index (χ4n) is 4.94. The molecule has 2 aliphatic carbocycles. The van der Waals surface area contributed by atoms with Gasteiger partial charge in [0.25, 0.3) is 6.47 Å². The number of hydrogen-bond donors (Lipinski definition) is 1. The second-order valence-corrected chi connectivity index (χ2v) is 8.74. The van der Waals surface area contributed by atoms with Crippen LogP contribution in [0.1, 0.15) is 66.2 Å². The van der Waals surface area contributed by atoms with Gasteiger partial charge < -0.3 is 9.84 Å². The first-order valence-electron chi connectivity index (χ1n) is 9.17. The van der Waals surface area contributed by atoms with E-state index in [0.717, 1.165) is 31.3 Å². The van der Waals surface area contributed by atoms with Crippen LogP contribution in [0.4, 0.5) is 0 Å². The summed E-state index contributed by atoms with van der Waals surface area (Å²) in [6.07, 6.45) is 5.53. The Morgan fingerprint density at radius 1 is 1.36 bits per heavy atom. The molecule has 1 fully saturated rings. The Bertz CT molecular complexity index is 589. The fourth-order valence-corrected chi connectivity index (χ4v) is 4.94. The van der Waals surface area contributed by atoms with Gasteiger partial charge in [0.1, 0.15) is 6.61 Å². The lowest BCUT2D eigenvalue weighted by Crippen LogP contribution is -2.39. The number of carbonyl (C=O) groups excluding carboxylic acids is 2. The molecule has 0 amide bonds. The molecular weight excluding hydrogens is 320 g/mol. The van der Waals surface area contributed by atoms with E-state index in [1.807, 2.05) is 0 Å². The van der Waals surface area contributed by atoms with Crippen LogP contribution in [-0.4, -0.2) is 29.9 Å². The average Bonchev–Trinajstić information content (AvgIpc) is 2.51. The van der Waals surface area contributed by atoms with E-state index < -0.39 is 17.8 Å². The van der Waals surface area contributed by atoms with Crippen molar-refractivity contribution in [3.63, 3.8) is 0 Å². The van der Waals surface area contributed by atoms with Crippen molar-refractivity contribution in [2.24, 2.45) is 22.7 Å². The maximum atomic E-state index is 13.0. The third kappa shape index (κ3) is 4.13. The number of aliphatic carboxylic acids is 1. The normalized spacial score (nSPS) is 30.7. The molecule has 5 heteroatoms. The van der Waals surface area contributed by atoms with E-state index in [2.05, 4.69) is 20.8 Å². The summed E-state index contributed by atoms with van der Waals surface area (Å²) in [6, 6.07) is 0. The van der Waals surface area contributed by atoms with Gasteiger partial charge in [0.05, 0.1) is 11.8 Å². The molecule has 1 saturated carbocycles. The fraction of sp³-hybridized carbons (Fsp3) is 0.750. The van der Waals surface area contributed by atoms with E-state index in [1.165, 1.54) is 0 Å². The first kappa shape index (κ1) is 19.7. The van der Waals surface area contributed by atoms with Gasteiger partial charge in [-0.25, -0.2) is 0 Å². The minimum absolute atomic E-state index is 0.0354. The van der Waals surface area contributed by atoms with Crippen molar-refractivity contribution in [1.29, 1.82) is 0 Å². The number of Topliss-reactive ketones (excluding diaryl/α,β-unsaturated/α-hetero) is 1. The van der Waals surface area contributed by atoms with Crippen molar-refractivity contribution in [3.05, 3.63) is 11.1 Å². The zero-order valence-electron chi connectivity index (χ0n) is 15.8.